The number of nitrogens with zero attached hydrogens (tertiary/aromatic N) is 2. The van der Waals surface area contributed by atoms with Crippen LogP contribution >= 0.6 is 0 Å². The van der Waals surface area contributed by atoms with Gasteiger partial charge < -0.3 is 10.1 Å². The molecule has 0 radical (unpaired) electrons. The monoisotopic (exact) mass is 279 g/mol. The van der Waals surface area contributed by atoms with E-state index >= 15 is 0 Å². The Morgan fingerprint density at radius 1 is 1.50 bits per heavy atom. The molecule has 0 aliphatic heterocycles. The number of esters is 1. The second-order valence-corrected chi connectivity index (χ2v) is 5.26. The van der Waals surface area contributed by atoms with Gasteiger partial charge in [0.25, 0.3) is 0 Å². The van der Waals surface area contributed by atoms with E-state index in [0.717, 1.165) is 32.2 Å². The Bertz CT molecular complexity index is 442. The van der Waals surface area contributed by atoms with E-state index in [1.807, 2.05) is 17.8 Å². The first-order chi connectivity index (χ1) is 9.76. The highest BCUT2D eigenvalue weighted by Gasteiger charge is 2.23. The lowest BCUT2D eigenvalue weighted by molar-refractivity contribution is -0.144. The molecule has 5 heteroatoms. The molecule has 5 nitrogen and oxygen atoms in total. The molecule has 0 spiro atoms. The van der Waals surface area contributed by atoms with Crippen LogP contribution in [0, 0.1) is 0 Å². The van der Waals surface area contributed by atoms with Gasteiger partial charge in [0.1, 0.15) is 6.54 Å². The molecule has 1 atom stereocenters. The van der Waals surface area contributed by atoms with E-state index in [1.54, 1.807) is 0 Å². The fraction of sp³-hybridized carbons (Fsp3) is 0.733. The largest absolute Gasteiger partial charge is 0.465 e. The summed E-state index contributed by atoms with van der Waals surface area (Å²) in [4.78, 5) is 11.6. The third-order valence-electron chi connectivity index (χ3n) is 3.74. The van der Waals surface area contributed by atoms with Crippen LogP contribution in [0.1, 0.15) is 56.8 Å². The Morgan fingerprint density at radius 2 is 2.35 bits per heavy atom. The van der Waals surface area contributed by atoms with Gasteiger partial charge in [-0.2, -0.15) is 5.10 Å². The molecular weight excluding hydrogens is 254 g/mol. The molecule has 0 saturated heterocycles. The number of rotatable bonds is 6. The molecule has 0 saturated carbocycles. The molecule has 1 aliphatic rings. The Kier molecular flexibility index (Phi) is 5.59. The van der Waals surface area contributed by atoms with Gasteiger partial charge in [0.2, 0.25) is 0 Å². The van der Waals surface area contributed by atoms with E-state index in [0.29, 0.717) is 12.6 Å². The zero-order valence-corrected chi connectivity index (χ0v) is 12.5. The summed E-state index contributed by atoms with van der Waals surface area (Å²) in [6.45, 7) is 5.67. The van der Waals surface area contributed by atoms with Crippen LogP contribution in [-0.4, -0.2) is 28.9 Å². The molecule has 1 heterocycles. The van der Waals surface area contributed by atoms with Crippen molar-refractivity contribution >= 4 is 5.97 Å². The third kappa shape index (κ3) is 3.60. The SMILES string of the molecule is CCCNC1CCCCc2c1cnn2CC(=O)OCC. The summed E-state index contributed by atoms with van der Waals surface area (Å²) < 4.78 is 6.83. The van der Waals surface area contributed by atoms with Gasteiger partial charge in [-0.05, 0) is 39.2 Å². The summed E-state index contributed by atoms with van der Waals surface area (Å²) in [5.41, 5.74) is 2.46. The molecule has 20 heavy (non-hydrogen) atoms. The van der Waals surface area contributed by atoms with E-state index < -0.39 is 0 Å². The van der Waals surface area contributed by atoms with Crippen LogP contribution in [0.2, 0.25) is 0 Å². The Morgan fingerprint density at radius 3 is 3.10 bits per heavy atom. The minimum absolute atomic E-state index is 0.208. The Labute approximate surface area is 120 Å². The molecule has 1 aromatic heterocycles. The number of ether oxygens (including phenoxy) is 1. The summed E-state index contributed by atoms with van der Waals surface area (Å²) in [5.74, 6) is -0.208. The lowest BCUT2D eigenvalue weighted by atomic mass is 10.1. The summed E-state index contributed by atoms with van der Waals surface area (Å²) in [5, 5.41) is 7.99. The molecule has 1 N–H and O–H groups in total. The predicted molar refractivity (Wildman–Crippen MR) is 77.4 cm³/mol. The van der Waals surface area contributed by atoms with Gasteiger partial charge in [-0.1, -0.05) is 13.3 Å². The van der Waals surface area contributed by atoms with E-state index in [1.165, 1.54) is 17.7 Å². The molecule has 0 aromatic carbocycles. The van der Waals surface area contributed by atoms with E-state index in [9.17, 15) is 4.79 Å². The number of carbonyl (C=O) groups excluding carboxylic acids is 1. The summed E-state index contributed by atoms with van der Waals surface area (Å²) >= 11 is 0. The van der Waals surface area contributed by atoms with Gasteiger partial charge in [0, 0.05) is 17.3 Å². The minimum atomic E-state index is -0.208. The molecule has 1 aromatic rings. The molecule has 2 rings (SSSR count). The molecule has 1 aliphatic carbocycles. The first-order valence-electron chi connectivity index (χ1n) is 7.69. The topological polar surface area (TPSA) is 56.2 Å². The highest BCUT2D eigenvalue weighted by atomic mass is 16.5. The summed E-state index contributed by atoms with van der Waals surface area (Å²) in [7, 11) is 0. The average Bonchev–Trinajstić information content (AvgIpc) is 2.70. The van der Waals surface area contributed by atoms with Gasteiger partial charge in [-0.25, -0.2) is 0 Å². The maximum Gasteiger partial charge on any atom is 0.327 e. The van der Waals surface area contributed by atoms with Gasteiger partial charge in [-0.15, -0.1) is 0 Å². The maximum atomic E-state index is 11.6. The summed E-state index contributed by atoms with van der Waals surface area (Å²) in [6.07, 6.45) is 7.58. The van der Waals surface area contributed by atoms with Crippen molar-refractivity contribution < 1.29 is 9.53 Å². The van der Waals surface area contributed by atoms with Crippen molar-refractivity contribution in [3.05, 3.63) is 17.5 Å². The fourth-order valence-corrected chi connectivity index (χ4v) is 2.78. The molecule has 0 amide bonds. The number of hydrogen-bond donors (Lipinski definition) is 1. The third-order valence-corrected chi connectivity index (χ3v) is 3.74. The van der Waals surface area contributed by atoms with Crippen LogP contribution in [0.4, 0.5) is 0 Å². The zero-order valence-electron chi connectivity index (χ0n) is 12.5. The number of aromatic nitrogens is 2. The van der Waals surface area contributed by atoms with Crippen molar-refractivity contribution in [3.63, 3.8) is 0 Å². The molecule has 0 bridgehead atoms. The summed E-state index contributed by atoms with van der Waals surface area (Å²) in [6, 6.07) is 0.378. The first-order valence-corrected chi connectivity index (χ1v) is 7.69. The van der Waals surface area contributed by atoms with Crippen molar-refractivity contribution in [1.82, 2.24) is 15.1 Å². The lowest BCUT2D eigenvalue weighted by Gasteiger charge is -2.16. The number of carbonyl (C=O) groups is 1. The predicted octanol–water partition coefficient (Wildman–Crippen LogP) is 2.21. The fourth-order valence-electron chi connectivity index (χ4n) is 2.78. The highest BCUT2D eigenvalue weighted by Crippen LogP contribution is 2.28. The van der Waals surface area contributed by atoms with Crippen LogP contribution in [0.25, 0.3) is 0 Å². The minimum Gasteiger partial charge on any atom is -0.465 e. The quantitative estimate of drug-likeness (QED) is 0.641. The molecule has 0 fully saturated rings. The molecule has 112 valence electrons. The van der Waals surface area contributed by atoms with Gasteiger partial charge in [0.15, 0.2) is 0 Å². The zero-order chi connectivity index (χ0) is 14.4. The second kappa shape index (κ2) is 7.43. The normalized spacial score (nSPS) is 18.4. The Balaban J connectivity index is 2.13. The highest BCUT2D eigenvalue weighted by molar-refractivity contribution is 5.69. The number of hydrogen-bond acceptors (Lipinski definition) is 4. The molecule has 1 unspecified atom stereocenters. The van der Waals surface area contributed by atoms with Crippen LogP contribution < -0.4 is 5.32 Å². The van der Waals surface area contributed by atoms with Crippen LogP contribution in [0.3, 0.4) is 0 Å². The van der Waals surface area contributed by atoms with Crippen LogP contribution in [-0.2, 0) is 22.5 Å². The van der Waals surface area contributed by atoms with Gasteiger partial charge >= 0.3 is 5.97 Å². The van der Waals surface area contributed by atoms with E-state index in [4.69, 9.17) is 4.74 Å². The van der Waals surface area contributed by atoms with Crippen molar-refractivity contribution in [1.29, 1.82) is 0 Å². The lowest BCUT2D eigenvalue weighted by Crippen LogP contribution is -2.22. The first kappa shape index (κ1) is 15.0. The smallest absolute Gasteiger partial charge is 0.327 e. The second-order valence-electron chi connectivity index (χ2n) is 5.26. The van der Waals surface area contributed by atoms with Crippen molar-refractivity contribution in [2.24, 2.45) is 0 Å². The van der Waals surface area contributed by atoms with Crippen LogP contribution in [0.15, 0.2) is 6.20 Å². The van der Waals surface area contributed by atoms with E-state index in [2.05, 4.69) is 17.3 Å². The maximum absolute atomic E-state index is 11.6. The average molecular weight is 279 g/mol. The van der Waals surface area contributed by atoms with Crippen molar-refractivity contribution in [2.75, 3.05) is 13.2 Å². The number of fused-ring (bicyclic) bond motifs is 1. The van der Waals surface area contributed by atoms with Crippen molar-refractivity contribution in [3.8, 4) is 0 Å². The van der Waals surface area contributed by atoms with Crippen molar-refractivity contribution in [2.45, 2.75) is 58.5 Å². The standard InChI is InChI=1S/C15H25N3O2/c1-3-9-16-13-7-5-6-8-14-12(13)10-17-18(14)11-15(19)20-4-2/h10,13,16H,3-9,11H2,1-2H3. The molecular formula is C15H25N3O2. The Hall–Kier alpha value is -1.36. The number of nitrogens with one attached hydrogen (secondary N) is 1. The van der Waals surface area contributed by atoms with Crippen LogP contribution in [0.5, 0.6) is 0 Å². The van der Waals surface area contributed by atoms with Gasteiger partial charge in [0.05, 0.1) is 12.8 Å². The van der Waals surface area contributed by atoms with E-state index in [-0.39, 0.29) is 12.5 Å². The van der Waals surface area contributed by atoms with Gasteiger partial charge in [-0.3, -0.25) is 9.48 Å².